The summed E-state index contributed by atoms with van der Waals surface area (Å²) >= 11 is 12.2. The van der Waals surface area contributed by atoms with E-state index >= 15 is 0 Å². The molecule has 0 bridgehead atoms. The summed E-state index contributed by atoms with van der Waals surface area (Å²) in [5.41, 5.74) is 2.04. The summed E-state index contributed by atoms with van der Waals surface area (Å²) in [6.45, 7) is 2.08. The molecule has 0 fully saturated rings. The second-order valence-electron chi connectivity index (χ2n) is 4.93. The standard InChI is InChI=1S/C17H18Cl2O/c1-2-15(12-6-4-3-5-7-12)17(20)11-13-10-14(18)8-9-16(13)19/h3-10,15,17,20H,2,11H2,1H3. The minimum absolute atomic E-state index is 0.103. The number of rotatable bonds is 5. The molecule has 0 aromatic heterocycles. The first kappa shape index (κ1) is 15.4. The Bertz CT molecular complexity index is 554. The molecule has 0 aliphatic heterocycles. The maximum Gasteiger partial charge on any atom is 0.0649 e. The second-order valence-corrected chi connectivity index (χ2v) is 5.78. The van der Waals surface area contributed by atoms with E-state index in [9.17, 15) is 5.11 Å². The van der Waals surface area contributed by atoms with Gasteiger partial charge in [-0.3, -0.25) is 0 Å². The molecule has 0 aliphatic rings. The predicted molar refractivity (Wildman–Crippen MR) is 85.6 cm³/mol. The van der Waals surface area contributed by atoms with E-state index in [1.807, 2.05) is 24.3 Å². The van der Waals surface area contributed by atoms with Crippen LogP contribution in [-0.2, 0) is 6.42 Å². The smallest absolute Gasteiger partial charge is 0.0649 e. The van der Waals surface area contributed by atoms with E-state index in [4.69, 9.17) is 23.2 Å². The van der Waals surface area contributed by atoms with Gasteiger partial charge in [-0.25, -0.2) is 0 Å². The highest BCUT2D eigenvalue weighted by molar-refractivity contribution is 6.33. The summed E-state index contributed by atoms with van der Waals surface area (Å²) in [6, 6.07) is 15.4. The monoisotopic (exact) mass is 308 g/mol. The van der Waals surface area contributed by atoms with Gasteiger partial charge in [-0.1, -0.05) is 60.5 Å². The molecular formula is C17H18Cl2O. The minimum Gasteiger partial charge on any atom is -0.392 e. The molecule has 2 unspecified atom stereocenters. The molecule has 2 rings (SSSR count). The molecule has 1 N–H and O–H groups in total. The minimum atomic E-state index is -0.474. The Morgan fingerprint density at radius 1 is 1.05 bits per heavy atom. The lowest BCUT2D eigenvalue weighted by atomic mass is 9.88. The first-order valence-corrected chi connectivity index (χ1v) is 7.54. The molecule has 0 spiro atoms. The number of aliphatic hydroxyl groups is 1. The molecule has 0 heterocycles. The lowest BCUT2D eigenvalue weighted by Gasteiger charge is -2.22. The van der Waals surface area contributed by atoms with Gasteiger partial charge in [-0.2, -0.15) is 0 Å². The first-order valence-electron chi connectivity index (χ1n) is 6.78. The van der Waals surface area contributed by atoms with Crippen LogP contribution in [0.3, 0.4) is 0 Å². The van der Waals surface area contributed by atoms with E-state index < -0.39 is 6.10 Å². The fourth-order valence-electron chi connectivity index (χ4n) is 2.50. The molecular weight excluding hydrogens is 291 g/mol. The van der Waals surface area contributed by atoms with Crippen molar-refractivity contribution in [3.8, 4) is 0 Å². The van der Waals surface area contributed by atoms with E-state index in [1.54, 1.807) is 12.1 Å². The van der Waals surface area contributed by atoms with Crippen LogP contribution in [0.2, 0.25) is 10.0 Å². The van der Waals surface area contributed by atoms with Crippen molar-refractivity contribution < 1.29 is 5.11 Å². The summed E-state index contributed by atoms with van der Waals surface area (Å²) in [6.07, 6.45) is 0.911. The van der Waals surface area contributed by atoms with Gasteiger partial charge in [0.1, 0.15) is 0 Å². The van der Waals surface area contributed by atoms with Gasteiger partial charge in [0.15, 0.2) is 0 Å². The highest BCUT2D eigenvalue weighted by atomic mass is 35.5. The lowest BCUT2D eigenvalue weighted by Crippen LogP contribution is -2.20. The third kappa shape index (κ3) is 3.76. The Balaban J connectivity index is 2.17. The maximum absolute atomic E-state index is 10.5. The molecule has 2 aromatic rings. The summed E-state index contributed by atoms with van der Waals surface area (Å²) in [4.78, 5) is 0. The molecule has 1 nitrogen and oxygen atoms in total. The summed E-state index contributed by atoms with van der Waals surface area (Å²) in [7, 11) is 0. The van der Waals surface area contributed by atoms with Crippen LogP contribution in [0.1, 0.15) is 30.4 Å². The Morgan fingerprint density at radius 2 is 1.75 bits per heavy atom. The molecule has 2 aromatic carbocycles. The lowest BCUT2D eigenvalue weighted by molar-refractivity contribution is 0.141. The van der Waals surface area contributed by atoms with Gasteiger partial charge in [0.25, 0.3) is 0 Å². The zero-order chi connectivity index (χ0) is 14.5. The highest BCUT2D eigenvalue weighted by Gasteiger charge is 2.20. The zero-order valence-electron chi connectivity index (χ0n) is 11.4. The molecule has 3 heteroatoms. The van der Waals surface area contributed by atoms with Crippen molar-refractivity contribution in [2.75, 3.05) is 0 Å². The van der Waals surface area contributed by atoms with Gasteiger partial charge in [0, 0.05) is 22.4 Å². The Morgan fingerprint density at radius 3 is 2.40 bits per heavy atom. The van der Waals surface area contributed by atoms with Crippen molar-refractivity contribution in [1.29, 1.82) is 0 Å². The highest BCUT2D eigenvalue weighted by Crippen LogP contribution is 2.28. The van der Waals surface area contributed by atoms with Crippen molar-refractivity contribution in [2.24, 2.45) is 0 Å². The largest absolute Gasteiger partial charge is 0.392 e. The van der Waals surface area contributed by atoms with E-state index in [-0.39, 0.29) is 5.92 Å². The third-order valence-electron chi connectivity index (χ3n) is 3.57. The summed E-state index contributed by atoms with van der Waals surface area (Å²) in [5, 5.41) is 11.8. The van der Waals surface area contributed by atoms with Crippen LogP contribution in [0.25, 0.3) is 0 Å². The van der Waals surface area contributed by atoms with Crippen molar-refractivity contribution in [1.82, 2.24) is 0 Å². The normalized spacial score (nSPS) is 14.0. The SMILES string of the molecule is CCC(c1ccccc1)C(O)Cc1cc(Cl)ccc1Cl. The van der Waals surface area contributed by atoms with Gasteiger partial charge in [0.05, 0.1) is 6.10 Å². The molecule has 106 valence electrons. The van der Waals surface area contributed by atoms with Crippen LogP contribution in [0.4, 0.5) is 0 Å². The Hall–Kier alpha value is -1.02. The second kappa shape index (κ2) is 7.12. The van der Waals surface area contributed by atoms with E-state index in [0.29, 0.717) is 16.5 Å². The van der Waals surface area contributed by atoms with Gasteiger partial charge >= 0.3 is 0 Å². The number of hydrogen-bond donors (Lipinski definition) is 1. The van der Waals surface area contributed by atoms with Crippen molar-refractivity contribution in [3.63, 3.8) is 0 Å². The predicted octanol–water partition coefficient (Wildman–Crippen LogP) is 5.09. The van der Waals surface area contributed by atoms with E-state index in [1.165, 1.54) is 0 Å². The van der Waals surface area contributed by atoms with Gasteiger partial charge < -0.3 is 5.11 Å². The molecule has 0 saturated heterocycles. The average molecular weight is 309 g/mol. The molecule has 0 radical (unpaired) electrons. The van der Waals surface area contributed by atoms with Crippen LogP contribution in [0, 0.1) is 0 Å². The van der Waals surface area contributed by atoms with Gasteiger partial charge in [-0.15, -0.1) is 0 Å². The van der Waals surface area contributed by atoms with Gasteiger partial charge in [0.2, 0.25) is 0 Å². The quantitative estimate of drug-likeness (QED) is 0.815. The third-order valence-corrected chi connectivity index (χ3v) is 4.17. The number of halogens is 2. The molecule has 2 atom stereocenters. The van der Waals surface area contributed by atoms with Crippen LogP contribution < -0.4 is 0 Å². The van der Waals surface area contributed by atoms with Crippen molar-refractivity contribution in [3.05, 3.63) is 69.7 Å². The van der Waals surface area contributed by atoms with Crippen LogP contribution in [0.5, 0.6) is 0 Å². The maximum atomic E-state index is 10.5. The molecule has 20 heavy (non-hydrogen) atoms. The first-order chi connectivity index (χ1) is 9.61. The van der Waals surface area contributed by atoms with Crippen molar-refractivity contribution in [2.45, 2.75) is 31.8 Å². The van der Waals surface area contributed by atoms with Crippen molar-refractivity contribution >= 4 is 23.2 Å². The summed E-state index contributed by atoms with van der Waals surface area (Å²) < 4.78 is 0. The van der Waals surface area contributed by atoms with Crippen LogP contribution in [-0.4, -0.2) is 11.2 Å². The molecule has 0 saturated carbocycles. The van der Waals surface area contributed by atoms with E-state index in [2.05, 4.69) is 19.1 Å². The van der Waals surface area contributed by atoms with E-state index in [0.717, 1.165) is 17.5 Å². The topological polar surface area (TPSA) is 20.2 Å². The Labute approximate surface area is 130 Å². The van der Waals surface area contributed by atoms with Crippen LogP contribution in [0.15, 0.2) is 48.5 Å². The summed E-state index contributed by atoms with van der Waals surface area (Å²) in [5.74, 6) is 0.103. The van der Waals surface area contributed by atoms with Crippen LogP contribution >= 0.6 is 23.2 Å². The molecule has 0 amide bonds. The fourth-order valence-corrected chi connectivity index (χ4v) is 2.89. The fraction of sp³-hybridized carbons (Fsp3) is 0.294. The number of aliphatic hydroxyl groups excluding tert-OH is 1. The zero-order valence-corrected chi connectivity index (χ0v) is 12.9. The Kier molecular flexibility index (Phi) is 5.47. The number of benzene rings is 2. The average Bonchev–Trinajstić information content (AvgIpc) is 2.45. The molecule has 0 aliphatic carbocycles. The van der Waals surface area contributed by atoms with Gasteiger partial charge in [-0.05, 0) is 35.7 Å². The number of hydrogen-bond acceptors (Lipinski definition) is 1.